The van der Waals surface area contributed by atoms with E-state index in [1.807, 2.05) is 0 Å². The van der Waals surface area contributed by atoms with Gasteiger partial charge in [-0.1, -0.05) is 61.5 Å². The molecule has 0 amide bonds. The summed E-state index contributed by atoms with van der Waals surface area (Å²) in [4.78, 5) is 0. The summed E-state index contributed by atoms with van der Waals surface area (Å²) in [5.74, 6) is 2.59. The third-order valence-corrected chi connectivity index (χ3v) is 6.11. The fraction of sp³-hybridized carbons (Fsp3) is 0.533. The summed E-state index contributed by atoms with van der Waals surface area (Å²) in [5, 5.41) is 0. The highest BCUT2D eigenvalue weighted by Gasteiger charge is 2.26. The molecule has 0 saturated carbocycles. The molecule has 0 aliphatic heterocycles. The molecule has 0 radical (unpaired) electrons. The standard InChI is InChI=1S/C30H44N2O/c1-19(2)23-15-16-24(20(3)4)31(23)27-13-12-14-28(29(27)33-30(9,10)11)32-25(21(5)6)17-18-26(32)22(7)8/h12-22H,1-11H3. The third kappa shape index (κ3) is 5.08. The summed E-state index contributed by atoms with van der Waals surface area (Å²) >= 11 is 0. The molecule has 2 heterocycles. The van der Waals surface area contributed by atoms with E-state index in [1.165, 1.54) is 22.8 Å². The van der Waals surface area contributed by atoms with Crippen molar-refractivity contribution in [2.24, 2.45) is 0 Å². The molecule has 0 aliphatic carbocycles. The zero-order chi connectivity index (χ0) is 24.7. The lowest BCUT2D eigenvalue weighted by Crippen LogP contribution is -2.25. The van der Waals surface area contributed by atoms with E-state index in [4.69, 9.17) is 4.74 Å². The first kappa shape index (κ1) is 25.2. The molecule has 1 aromatic carbocycles. The van der Waals surface area contributed by atoms with Crippen LogP contribution in [0, 0.1) is 0 Å². The van der Waals surface area contributed by atoms with Gasteiger partial charge >= 0.3 is 0 Å². The zero-order valence-corrected chi connectivity index (χ0v) is 22.7. The second-order valence-electron chi connectivity index (χ2n) is 11.5. The van der Waals surface area contributed by atoms with E-state index in [2.05, 4.69) is 128 Å². The highest BCUT2D eigenvalue weighted by atomic mass is 16.5. The summed E-state index contributed by atoms with van der Waals surface area (Å²) < 4.78 is 11.7. The van der Waals surface area contributed by atoms with Crippen LogP contribution in [0.4, 0.5) is 0 Å². The SMILES string of the molecule is CC(C)c1ccc(C(C)C)n1-c1cccc(-n2c(C(C)C)ccc2C(C)C)c1OC(C)(C)C. The van der Waals surface area contributed by atoms with Crippen molar-refractivity contribution in [1.29, 1.82) is 0 Å². The predicted molar refractivity (Wildman–Crippen MR) is 142 cm³/mol. The van der Waals surface area contributed by atoms with Crippen LogP contribution >= 0.6 is 0 Å². The smallest absolute Gasteiger partial charge is 0.168 e. The molecular formula is C30H44N2O. The Morgan fingerprint density at radius 3 is 1.09 bits per heavy atom. The molecule has 0 aliphatic rings. The van der Waals surface area contributed by atoms with Gasteiger partial charge in [-0.2, -0.15) is 0 Å². The van der Waals surface area contributed by atoms with Crippen molar-refractivity contribution in [2.45, 2.75) is 105 Å². The molecule has 180 valence electrons. The van der Waals surface area contributed by atoms with Gasteiger partial charge < -0.3 is 13.9 Å². The van der Waals surface area contributed by atoms with Crippen LogP contribution in [0.25, 0.3) is 11.4 Å². The minimum Gasteiger partial charge on any atom is -0.484 e. The van der Waals surface area contributed by atoms with E-state index in [0.29, 0.717) is 23.7 Å². The largest absolute Gasteiger partial charge is 0.484 e. The Kier molecular flexibility index (Phi) is 7.21. The lowest BCUT2D eigenvalue weighted by atomic mass is 10.1. The Bertz CT molecular complexity index is 960. The summed E-state index contributed by atoms with van der Waals surface area (Å²) in [6.45, 7) is 24.6. The van der Waals surface area contributed by atoms with Gasteiger partial charge in [-0.25, -0.2) is 0 Å². The number of ether oxygens (including phenoxy) is 1. The summed E-state index contributed by atoms with van der Waals surface area (Å²) in [7, 11) is 0. The van der Waals surface area contributed by atoms with Crippen molar-refractivity contribution in [2.75, 3.05) is 0 Å². The molecular weight excluding hydrogens is 404 g/mol. The van der Waals surface area contributed by atoms with Crippen molar-refractivity contribution in [1.82, 2.24) is 9.13 Å². The molecule has 0 bridgehead atoms. The molecule has 0 atom stereocenters. The van der Waals surface area contributed by atoms with E-state index >= 15 is 0 Å². The Labute approximate surface area is 201 Å². The molecule has 0 fully saturated rings. The highest BCUT2D eigenvalue weighted by molar-refractivity contribution is 5.63. The molecule has 0 N–H and O–H groups in total. The molecule has 33 heavy (non-hydrogen) atoms. The Morgan fingerprint density at radius 1 is 0.545 bits per heavy atom. The van der Waals surface area contributed by atoms with Crippen molar-refractivity contribution in [3.8, 4) is 17.1 Å². The number of nitrogens with zero attached hydrogens (tertiary/aromatic N) is 2. The van der Waals surface area contributed by atoms with Crippen LogP contribution in [0.3, 0.4) is 0 Å². The van der Waals surface area contributed by atoms with Crippen LogP contribution in [-0.2, 0) is 0 Å². The quantitative estimate of drug-likeness (QED) is 0.353. The monoisotopic (exact) mass is 448 g/mol. The van der Waals surface area contributed by atoms with Crippen molar-refractivity contribution >= 4 is 0 Å². The number of benzene rings is 1. The fourth-order valence-electron chi connectivity index (χ4n) is 4.57. The van der Waals surface area contributed by atoms with Gasteiger partial charge in [0, 0.05) is 22.8 Å². The average molecular weight is 449 g/mol. The second kappa shape index (κ2) is 9.44. The molecule has 0 unspecified atom stereocenters. The van der Waals surface area contributed by atoms with Crippen molar-refractivity contribution in [3.05, 3.63) is 65.2 Å². The van der Waals surface area contributed by atoms with Crippen LogP contribution in [0.2, 0.25) is 0 Å². The fourth-order valence-corrected chi connectivity index (χ4v) is 4.57. The van der Waals surface area contributed by atoms with Gasteiger partial charge in [0.25, 0.3) is 0 Å². The normalized spacial score (nSPS) is 12.6. The lowest BCUT2D eigenvalue weighted by Gasteiger charge is -2.29. The first-order chi connectivity index (χ1) is 15.3. The summed E-state index contributed by atoms with van der Waals surface area (Å²) in [6, 6.07) is 15.7. The Morgan fingerprint density at radius 2 is 0.848 bits per heavy atom. The molecule has 0 saturated heterocycles. The van der Waals surface area contributed by atoms with E-state index in [0.717, 1.165) is 17.1 Å². The molecule has 0 spiro atoms. The number of aromatic nitrogens is 2. The Balaban J connectivity index is 2.43. The van der Waals surface area contributed by atoms with Crippen LogP contribution in [0.5, 0.6) is 5.75 Å². The molecule has 3 aromatic rings. The van der Waals surface area contributed by atoms with E-state index in [-0.39, 0.29) is 5.60 Å². The molecule has 3 nitrogen and oxygen atoms in total. The molecule has 3 rings (SSSR count). The average Bonchev–Trinajstić information content (AvgIpc) is 3.32. The zero-order valence-electron chi connectivity index (χ0n) is 22.7. The maximum Gasteiger partial charge on any atom is 0.168 e. The third-order valence-electron chi connectivity index (χ3n) is 6.11. The Hall–Kier alpha value is -2.42. The summed E-state index contributed by atoms with van der Waals surface area (Å²) in [5.41, 5.74) is 7.18. The minimum absolute atomic E-state index is 0.322. The van der Waals surface area contributed by atoms with Crippen LogP contribution in [-0.4, -0.2) is 14.7 Å². The second-order valence-corrected chi connectivity index (χ2v) is 11.5. The maximum atomic E-state index is 6.81. The lowest BCUT2D eigenvalue weighted by molar-refractivity contribution is 0.130. The van der Waals surface area contributed by atoms with Crippen LogP contribution in [0.1, 0.15) is 123 Å². The maximum absolute atomic E-state index is 6.81. The number of para-hydroxylation sites is 1. The van der Waals surface area contributed by atoms with Gasteiger partial charge in [0.1, 0.15) is 5.60 Å². The van der Waals surface area contributed by atoms with Gasteiger partial charge in [0.05, 0.1) is 11.4 Å². The van der Waals surface area contributed by atoms with Gasteiger partial charge in [-0.3, -0.25) is 0 Å². The highest BCUT2D eigenvalue weighted by Crippen LogP contribution is 2.40. The predicted octanol–water partition coefficient (Wildman–Crippen LogP) is 8.94. The number of hydrogen-bond donors (Lipinski definition) is 0. The van der Waals surface area contributed by atoms with Crippen LogP contribution in [0.15, 0.2) is 42.5 Å². The van der Waals surface area contributed by atoms with Crippen molar-refractivity contribution in [3.63, 3.8) is 0 Å². The first-order valence-corrected chi connectivity index (χ1v) is 12.6. The van der Waals surface area contributed by atoms with E-state index in [9.17, 15) is 0 Å². The van der Waals surface area contributed by atoms with Gasteiger partial charge in [0.2, 0.25) is 0 Å². The number of rotatable bonds is 7. The van der Waals surface area contributed by atoms with Crippen LogP contribution < -0.4 is 4.74 Å². The first-order valence-electron chi connectivity index (χ1n) is 12.6. The van der Waals surface area contributed by atoms with E-state index in [1.54, 1.807) is 0 Å². The number of hydrogen-bond acceptors (Lipinski definition) is 1. The van der Waals surface area contributed by atoms with Crippen molar-refractivity contribution < 1.29 is 4.74 Å². The molecule has 2 aromatic heterocycles. The topological polar surface area (TPSA) is 19.1 Å². The summed E-state index contributed by atoms with van der Waals surface area (Å²) in [6.07, 6.45) is 0. The minimum atomic E-state index is -0.322. The van der Waals surface area contributed by atoms with E-state index < -0.39 is 0 Å². The van der Waals surface area contributed by atoms with Gasteiger partial charge in [-0.15, -0.1) is 0 Å². The van der Waals surface area contributed by atoms with Gasteiger partial charge in [-0.05, 0) is 80.8 Å². The van der Waals surface area contributed by atoms with Gasteiger partial charge in [0.15, 0.2) is 5.75 Å². The molecule has 3 heteroatoms.